The summed E-state index contributed by atoms with van der Waals surface area (Å²) in [6.07, 6.45) is 3.94. The molecule has 0 unspecified atom stereocenters. The number of rotatable bonds is 3. The van der Waals surface area contributed by atoms with E-state index in [1.807, 2.05) is 30.3 Å². The predicted molar refractivity (Wildman–Crippen MR) is 87.6 cm³/mol. The Labute approximate surface area is 129 Å². The Balaban J connectivity index is 2.07. The van der Waals surface area contributed by atoms with E-state index in [0.717, 1.165) is 36.1 Å². The van der Waals surface area contributed by atoms with Crippen LogP contribution < -0.4 is 16.1 Å². The lowest BCUT2D eigenvalue weighted by atomic mass is 10.0. The summed E-state index contributed by atoms with van der Waals surface area (Å²) in [6.45, 7) is 1.79. The molecule has 1 saturated heterocycles. The summed E-state index contributed by atoms with van der Waals surface area (Å²) >= 11 is 0. The number of benzene rings is 1. The second-order valence-corrected chi connectivity index (χ2v) is 5.83. The smallest absolute Gasteiger partial charge is 0.329 e. The van der Waals surface area contributed by atoms with Gasteiger partial charge in [-0.1, -0.05) is 30.3 Å². The Morgan fingerprint density at radius 1 is 1.05 bits per heavy atom. The molecule has 1 aliphatic heterocycles. The molecule has 2 heterocycles. The van der Waals surface area contributed by atoms with Crippen molar-refractivity contribution in [2.24, 2.45) is 7.05 Å². The van der Waals surface area contributed by atoms with E-state index in [4.69, 9.17) is 0 Å². The van der Waals surface area contributed by atoms with Gasteiger partial charge in [0, 0.05) is 26.6 Å². The van der Waals surface area contributed by atoms with E-state index >= 15 is 0 Å². The van der Waals surface area contributed by atoms with Crippen LogP contribution in [-0.4, -0.2) is 22.6 Å². The molecule has 5 heteroatoms. The topological polar surface area (TPSA) is 58.1 Å². The molecule has 22 heavy (non-hydrogen) atoms. The number of aromatic amines is 1. The molecule has 0 amide bonds. The lowest BCUT2D eigenvalue weighted by Gasteiger charge is -2.29. The van der Waals surface area contributed by atoms with Crippen molar-refractivity contribution in [2.75, 3.05) is 18.0 Å². The van der Waals surface area contributed by atoms with Crippen LogP contribution in [0.3, 0.4) is 0 Å². The summed E-state index contributed by atoms with van der Waals surface area (Å²) < 4.78 is 1.16. The third kappa shape index (κ3) is 2.84. The van der Waals surface area contributed by atoms with Gasteiger partial charge in [0.25, 0.3) is 5.56 Å². The van der Waals surface area contributed by atoms with E-state index < -0.39 is 0 Å². The molecule has 1 aromatic carbocycles. The molecule has 5 nitrogen and oxygen atoms in total. The molecule has 0 saturated carbocycles. The zero-order chi connectivity index (χ0) is 15.5. The molecule has 0 atom stereocenters. The van der Waals surface area contributed by atoms with Crippen molar-refractivity contribution in [3.63, 3.8) is 0 Å². The largest absolute Gasteiger partial charge is 0.358 e. The Morgan fingerprint density at radius 3 is 2.41 bits per heavy atom. The zero-order valence-electron chi connectivity index (χ0n) is 12.8. The zero-order valence-corrected chi connectivity index (χ0v) is 12.8. The lowest BCUT2D eigenvalue weighted by Crippen LogP contribution is -2.40. The summed E-state index contributed by atoms with van der Waals surface area (Å²) in [6, 6.07) is 9.90. The van der Waals surface area contributed by atoms with Crippen LogP contribution in [-0.2, 0) is 13.5 Å². The summed E-state index contributed by atoms with van der Waals surface area (Å²) in [5.41, 5.74) is 1.20. The minimum absolute atomic E-state index is 0.201. The van der Waals surface area contributed by atoms with Crippen LogP contribution in [0.5, 0.6) is 0 Å². The second-order valence-electron chi connectivity index (χ2n) is 5.83. The number of hydrogen-bond donors (Lipinski definition) is 1. The third-order valence-electron chi connectivity index (χ3n) is 4.27. The fourth-order valence-corrected chi connectivity index (χ4v) is 3.00. The van der Waals surface area contributed by atoms with Crippen molar-refractivity contribution >= 4 is 5.82 Å². The normalized spacial score (nSPS) is 15.0. The molecule has 1 aromatic heterocycles. The molecule has 3 rings (SSSR count). The highest BCUT2D eigenvalue weighted by Gasteiger charge is 2.19. The van der Waals surface area contributed by atoms with E-state index in [9.17, 15) is 9.59 Å². The maximum atomic E-state index is 12.6. The maximum Gasteiger partial charge on any atom is 0.329 e. The van der Waals surface area contributed by atoms with Gasteiger partial charge in [0.2, 0.25) is 0 Å². The minimum Gasteiger partial charge on any atom is -0.358 e. The fraction of sp³-hybridized carbons (Fsp3) is 0.412. The second kappa shape index (κ2) is 6.22. The predicted octanol–water partition coefficient (Wildman–Crippen LogP) is 1.65. The van der Waals surface area contributed by atoms with Crippen LogP contribution in [0, 0.1) is 0 Å². The first-order valence-electron chi connectivity index (χ1n) is 7.78. The van der Waals surface area contributed by atoms with Gasteiger partial charge in [-0.15, -0.1) is 0 Å². The summed E-state index contributed by atoms with van der Waals surface area (Å²) in [4.78, 5) is 29.6. The van der Waals surface area contributed by atoms with Gasteiger partial charge in [-0.05, 0) is 24.8 Å². The molecule has 116 valence electrons. The van der Waals surface area contributed by atoms with Crippen LogP contribution in [0.2, 0.25) is 0 Å². The number of hydrogen-bond acceptors (Lipinski definition) is 3. The van der Waals surface area contributed by atoms with E-state index in [2.05, 4.69) is 9.88 Å². The molecule has 0 spiro atoms. The van der Waals surface area contributed by atoms with E-state index in [1.54, 1.807) is 0 Å². The molecule has 0 radical (unpaired) electrons. The van der Waals surface area contributed by atoms with Crippen molar-refractivity contribution in [1.82, 2.24) is 9.55 Å². The van der Waals surface area contributed by atoms with Crippen LogP contribution in [0.15, 0.2) is 39.9 Å². The van der Waals surface area contributed by atoms with E-state index in [-0.39, 0.29) is 11.2 Å². The van der Waals surface area contributed by atoms with E-state index in [0.29, 0.717) is 17.8 Å². The highest BCUT2D eigenvalue weighted by atomic mass is 16.2. The lowest BCUT2D eigenvalue weighted by molar-refractivity contribution is 0.567. The quantitative estimate of drug-likeness (QED) is 0.937. The monoisotopic (exact) mass is 299 g/mol. The van der Waals surface area contributed by atoms with Crippen molar-refractivity contribution in [1.29, 1.82) is 0 Å². The van der Waals surface area contributed by atoms with Gasteiger partial charge in [0.1, 0.15) is 5.82 Å². The molecule has 0 aliphatic carbocycles. The first kappa shape index (κ1) is 14.6. The van der Waals surface area contributed by atoms with Crippen LogP contribution in [0.4, 0.5) is 5.82 Å². The average molecular weight is 299 g/mol. The summed E-state index contributed by atoms with van der Waals surface area (Å²) in [5.74, 6) is 0.705. The number of piperidine rings is 1. The van der Waals surface area contributed by atoms with Gasteiger partial charge < -0.3 is 4.90 Å². The Kier molecular flexibility index (Phi) is 4.13. The number of nitrogens with one attached hydrogen (secondary N) is 1. The van der Waals surface area contributed by atoms with Gasteiger partial charge in [0.05, 0.1) is 5.56 Å². The highest BCUT2D eigenvalue weighted by molar-refractivity contribution is 5.48. The average Bonchev–Trinajstić information content (AvgIpc) is 2.57. The standard InChI is InChI=1S/C17H21N3O2/c1-19-16(21)14(12-13-8-4-2-5-9-13)15(18-17(19)22)20-10-6-3-7-11-20/h2,4-5,8-9H,3,6-7,10-12H2,1H3,(H,18,22). The van der Waals surface area contributed by atoms with Crippen molar-refractivity contribution in [3.05, 3.63) is 62.3 Å². The van der Waals surface area contributed by atoms with Gasteiger partial charge in [-0.2, -0.15) is 0 Å². The molecular weight excluding hydrogens is 278 g/mol. The number of aromatic nitrogens is 2. The fourth-order valence-electron chi connectivity index (χ4n) is 3.00. The van der Waals surface area contributed by atoms with Gasteiger partial charge in [-0.25, -0.2) is 4.79 Å². The Hall–Kier alpha value is -2.30. The molecule has 2 aromatic rings. The van der Waals surface area contributed by atoms with Gasteiger partial charge >= 0.3 is 5.69 Å². The highest BCUT2D eigenvalue weighted by Crippen LogP contribution is 2.20. The summed E-state index contributed by atoms with van der Waals surface area (Å²) in [5, 5.41) is 0. The summed E-state index contributed by atoms with van der Waals surface area (Å²) in [7, 11) is 1.52. The van der Waals surface area contributed by atoms with Crippen LogP contribution in [0.1, 0.15) is 30.4 Å². The number of nitrogens with zero attached hydrogens (tertiary/aromatic N) is 2. The first-order chi connectivity index (χ1) is 10.7. The van der Waals surface area contributed by atoms with Gasteiger partial charge in [0.15, 0.2) is 0 Å². The van der Waals surface area contributed by atoms with Crippen molar-refractivity contribution in [3.8, 4) is 0 Å². The SMILES string of the molecule is Cn1c(=O)[nH]c(N2CCCCC2)c(Cc2ccccc2)c1=O. The molecule has 1 N–H and O–H groups in total. The van der Waals surface area contributed by atoms with Crippen molar-refractivity contribution < 1.29 is 0 Å². The van der Waals surface area contributed by atoms with Gasteiger partial charge in [-0.3, -0.25) is 14.3 Å². The third-order valence-corrected chi connectivity index (χ3v) is 4.27. The Morgan fingerprint density at radius 2 is 1.73 bits per heavy atom. The van der Waals surface area contributed by atoms with Crippen molar-refractivity contribution in [2.45, 2.75) is 25.7 Å². The molecular formula is C17H21N3O2. The number of H-pyrrole nitrogens is 1. The van der Waals surface area contributed by atoms with Crippen LogP contribution in [0.25, 0.3) is 0 Å². The van der Waals surface area contributed by atoms with Crippen LogP contribution >= 0.6 is 0 Å². The minimum atomic E-state index is -0.345. The Bertz CT molecular complexity index is 756. The molecule has 1 fully saturated rings. The first-order valence-corrected chi connectivity index (χ1v) is 7.78. The number of anilines is 1. The maximum absolute atomic E-state index is 12.6. The molecule has 1 aliphatic rings. The molecule has 0 bridgehead atoms. The van der Waals surface area contributed by atoms with E-state index in [1.165, 1.54) is 13.5 Å².